The third-order valence-corrected chi connectivity index (χ3v) is 3.11. The molecule has 2 rings (SSSR count). The molecule has 0 saturated carbocycles. The molecule has 5 heteroatoms. The molecular formula is C16H15NO4. The molecule has 0 spiro atoms. The van der Waals surface area contributed by atoms with Gasteiger partial charge in [0, 0.05) is 5.56 Å². The fraction of sp³-hybridized carbons (Fsp3) is 0.125. The molecule has 2 aromatic carbocycles. The van der Waals surface area contributed by atoms with Gasteiger partial charge in [0.1, 0.15) is 5.75 Å². The van der Waals surface area contributed by atoms with Crippen LogP contribution in [0.4, 0.5) is 0 Å². The molecule has 2 aromatic rings. The van der Waals surface area contributed by atoms with Crippen LogP contribution < -0.4 is 5.32 Å². The number of carbonyl (C=O) groups is 2. The fourth-order valence-electron chi connectivity index (χ4n) is 1.94. The second kappa shape index (κ2) is 6.09. The zero-order valence-corrected chi connectivity index (χ0v) is 11.4. The van der Waals surface area contributed by atoms with Crippen molar-refractivity contribution in [2.75, 3.05) is 0 Å². The molecule has 1 atom stereocenters. The molecule has 0 aliphatic rings. The van der Waals surface area contributed by atoms with E-state index in [9.17, 15) is 19.8 Å². The summed E-state index contributed by atoms with van der Waals surface area (Å²) in [4.78, 5) is 23.5. The number of aryl methyl sites for hydroxylation is 1. The standard InChI is InChI=1S/C16H15NO4/c1-10-9-12(7-8-13(10)18)15(19)17-14(16(20)21)11-5-3-2-4-6-11/h2-9,14,18H,1H3,(H,17,19)(H,20,21). The van der Waals surface area contributed by atoms with Crippen LogP contribution in [0.3, 0.4) is 0 Å². The zero-order chi connectivity index (χ0) is 15.4. The SMILES string of the molecule is Cc1cc(C(=O)NC(C(=O)O)c2ccccc2)ccc1O. The van der Waals surface area contributed by atoms with Gasteiger partial charge in [-0.15, -0.1) is 0 Å². The molecule has 1 amide bonds. The highest BCUT2D eigenvalue weighted by atomic mass is 16.4. The van der Waals surface area contributed by atoms with E-state index in [4.69, 9.17) is 0 Å². The minimum atomic E-state index is -1.13. The number of aliphatic carboxylic acids is 1. The molecular weight excluding hydrogens is 270 g/mol. The lowest BCUT2D eigenvalue weighted by Crippen LogP contribution is -2.33. The predicted molar refractivity (Wildman–Crippen MR) is 77.1 cm³/mol. The highest BCUT2D eigenvalue weighted by molar-refractivity contribution is 5.97. The van der Waals surface area contributed by atoms with Gasteiger partial charge in [-0.25, -0.2) is 4.79 Å². The fourth-order valence-corrected chi connectivity index (χ4v) is 1.94. The number of rotatable bonds is 4. The van der Waals surface area contributed by atoms with Crippen molar-refractivity contribution in [2.45, 2.75) is 13.0 Å². The summed E-state index contributed by atoms with van der Waals surface area (Å²) in [6.45, 7) is 1.66. The largest absolute Gasteiger partial charge is 0.508 e. The zero-order valence-electron chi connectivity index (χ0n) is 11.4. The maximum atomic E-state index is 12.1. The van der Waals surface area contributed by atoms with E-state index in [-0.39, 0.29) is 5.75 Å². The lowest BCUT2D eigenvalue weighted by molar-refractivity contribution is -0.139. The highest BCUT2D eigenvalue weighted by Crippen LogP contribution is 2.18. The number of hydrogen-bond acceptors (Lipinski definition) is 3. The monoisotopic (exact) mass is 285 g/mol. The van der Waals surface area contributed by atoms with Gasteiger partial charge in [-0.1, -0.05) is 30.3 Å². The van der Waals surface area contributed by atoms with Crippen molar-refractivity contribution in [3.63, 3.8) is 0 Å². The van der Waals surface area contributed by atoms with Crippen molar-refractivity contribution >= 4 is 11.9 Å². The first-order chi connectivity index (χ1) is 9.99. The maximum absolute atomic E-state index is 12.1. The number of carbonyl (C=O) groups excluding carboxylic acids is 1. The number of phenols is 1. The quantitative estimate of drug-likeness (QED) is 0.804. The molecule has 0 aliphatic carbocycles. The predicted octanol–water partition coefficient (Wildman–Crippen LogP) is 2.26. The van der Waals surface area contributed by atoms with Gasteiger partial charge in [0.2, 0.25) is 0 Å². The summed E-state index contributed by atoms with van der Waals surface area (Å²) in [6.07, 6.45) is 0. The Morgan fingerprint density at radius 1 is 1.10 bits per heavy atom. The van der Waals surface area contributed by atoms with Gasteiger partial charge in [-0.05, 0) is 36.2 Å². The lowest BCUT2D eigenvalue weighted by atomic mass is 10.1. The second-order valence-corrected chi connectivity index (χ2v) is 4.66. The Morgan fingerprint density at radius 2 is 1.76 bits per heavy atom. The Hall–Kier alpha value is -2.82. The summed E-state index contributed by atoms with van der Waals surface area (Å²) >= 11 is 0. The summed E-state index contributed by atoms with van der Waals surface area (Å²) < 4.78 is 0. The van der Waals surface area contributed by atoms with E-state index < -0.39 is 17.9 Å². The molecule has 0 bridgehead atoms. The van der Waals surface area contributed by atoms with Crippen molar-refractivity contribution in [2.24, 2.45) is 0 Å². The van der Waals surface area contributed by atoms with Crippen molar-refractivity contribution in [3.8, 4) is 5.75 Å². The normalized spacial score (nSPS) is 11.7. The molecule has 0 aromatic heterocycles. The van der Waals surface area contributed by atoms with Gasteiger partial charge < -0.3 is 15.5 Å². The van der Waals surface area contributed by atoms with Crippen molar-refractivity contribution in [1.29, 1.82) is 0 Å². The molecule has 0 heterocycles. The van der Waals surface area contributed by atoms with Crippen LogP contribution in [-0.4, -0.2) is 22.1 Å². The molecule has 21 heavy (non-hydrogen) atoms. The van der Waals surface area contributed by atoms with Crippen molar-refractivity contribution in [3.05, 3.63) is 65.2 Å². The van der Waals surface area contributed by atoms with Crippen LogP contribution in [0, 0.1) is 6.92 Å². The lowest BCUT2D eigenvalue weighted by Gasteiger charge is -2.15. The van der Waals surface area contributed by atoms with Crippen molar-refractivity contribution in [1.82, 2.24) is 5.32 Å². The first-order valence-corrected chi connectivity index (χ1v) is 6.37. The maximum Gasteiger partial charge on any atom is 0.330 e. The van der Waals surface area contributed by atoms with Gasteiger partial charge >= 0.3 is 5.97 Å². The minimum Gasteiger partial charge on any atom is -0.508 e. The minimum absolute atomic E-state index is 0.0874. The van der Waals surface area contributed by atoms with Crippen LogP contribution in [0.5, 0.6) is 5.75 Å². The van der Waals surface area contributed by atoms with E-state index in [1.807, 2.05) is 0 Å². The van der Waals surface area contributed by atoms with Gasteiger partial charge in [-0.2, -0.15) is 0 Å². The number of carboxylic acid groups (broad SMARTS) is 1. The van der Waals surface area contributed by atoms with E-state index in [1.54, 1.807) is 37.3 Å². The Bertz CT molecular complexity index is 667. The number of nitrogens with one attached hydrogen (secondary N) is 1. The number of aromatic hydroxyl groups is 1. The average Bonchev–Trinajstić information content (AvgIpc) is 2.48. The van der Waals surface area contributed by atoms with Gasteiger partial charge in [0.15, 0.2) is 6.04 Å². The van der Waals surface area contributed by atoms with Crippen LogP contribution in [-0.2, 0) is 4.79 Å². The number of hydrogen-bond donors (Lipinski definition) is 3. The van der Waals surface area contributed by atoms with E-state index >= 15 is 0 Å². The first kappa shape index (κ1) is 14.6. The van der Waals surface area contributed by atoms with E-state index in [0.29, 0.717) is 16.7 Å². The average molecular weight is 285 g/mol. The summed E-state index contributed by atoms with van der Waals surface area (Å²) in [7, 11) is 0. The summed E-state index contributed by atoms with van der Waals surface area (Å²) in [5, 5.41) is 21.2. The van der Waals surface area contributed by atoms with Crippen LogP contribution in [0.25, 0.3) is 0 Å². The van der Waals surface area contributed by atoms with Crippen LogP contribution in [0.1, 0.15) is 27.5 Å². The molecule has 1 unspecified atom stereocenters. The Morgan fingerprint density at radius 3 is 2.33 bits per heavy atom. The van der Waals surface area contributed by atoms with E-state index in [0.717, 1.165) is 0 Å². The molecule has 3 N–H and O–H groups in total. The third kappa shape index (κ3) is 3.39. The Labute approximate surface area is 121 Å². The van der Waals surface area contributed by atoms with Crippen molar-refractivity contribution < 1.29 is 19.8 Å². The van der Waals surface area contributed by atoms with Gasteiger partial charge in [-0.3, -0.25) is 4.79 Å². The molecule has 0 aliphatic heterocycles. The molecule has 0 radical (unpaired) electrons. The first-order valence-electron chi connectivity index (χ1n) is 6.37. The molecule has 5 nitrogen and oxygen atoms in total. The van der Waals surface area contributed by atoms with Crippen LogP contribution >= 0.6 is 0 Å². The third-order valence-electron chi connectivity index (χ3n) is 3.11. The summed E-state index contributed by atoms with van der Waals surface area (Å²) in [5.74, 6) is -1.55. The number of phenolic OH excluding ortho intramolecular Hbond substituents is 1. The number of benzene rings is 2. The molecule has 108 valence electrons. The highest BCUT2D eigenvalue weighted by Gasteiger charge is 2.22. The van der Waals surface area contributed by atoms with Gasteiger partial charge in [0.05, 0.1) is 0 Å². The molecule has 0 fully saturated rings. The Kier molecular flexibility index (Phi) is 4.23. The topological polar surface area (TPSA) is 86.6 Å². The number of carboxylic acids is 1. The Balaban J connectivity index is 2.23. The number of amides is 1. The van der Waals surface area contributed by atoms with E-state index in [2.05, 4.69) is 5.32 Å². The summed E-state index contributed by atoms with van der Waals surface area (Å²) in [6, 6.07) is 11.7. The smallest absolute Gasteiger partial charge is 0.330 e. The summed E-state index contributed by atoms with van der Waals surface area (Å²) in [5.41, 5.74) is 1.34. The van der Waals surface area contributed by atoms with Gasteiger partial charge in [0.25, 0.3) is 5.91 Å². The van der Waals surface area contributed by atoms with Crippen LogP contribution in [0.2, 0.25) is 0 Å². The van der Waals surface area contributed by atoms with E-state index in [1.165, 1.54) is 18.2 Å². The van der Waals surface area contributed by atoms with Crippen LogP contribution in [0.15, 0.2) is 48.5 Å². The molecule has 0 saturated heterocycles. The second-order valence-electron chi connectivity index (χ2n) is 4.66.